The van der Waals surface area contributed by atoms with Crippen molar-refractivity contribution in [1.82, 2.24) is 9.80 Å². The zero-order chi connectivity index (χ0) is 17.0. The summed E-state index contributed by atoms with van der Waals surface area (Å²) in [5.41, 5.74) is 1.16. The number of aliphatic carboxylic acids is 1. The van der Waals surface area contributed by atoms with Crippen LogP contribution in [0.2, 0.25) is 0 Å². The molecule has 2 heterocycles. The summed E-state index contributed by atoms with van der Waals surface area (Å²) in [5.74, 6) is -0.769. The first-order chi connectivity index (χ1) is 11.6. The van der Waals surface area contributed by atoms with E-state index in [0.29, 0.717) is 19.7 Å². The molecule has 0 bridgehead atoms. The van der Waals surface area contributed by atoms with Gasteiger partial charge in [-0.05, 0) is 36.8 Å². The molecule has 0 aliphatic carbocycles. The molecule has 0 saturated carbocycles. The summed E-state index contributed by atoms with van der Waals surface area (Å²) in [7, 11) is 0. The molecule has 2 saturated heterocycles. The van der Waals surface area contributed by atoms with E-state index in [4.69, 9.17) is 9.84 Å². The van der Waals surface area contributed by atoms with Gasteiger partial charge in [-0.25, -0.2) is 4.79 Å². The normalized spacial score (nSPS) is 20.2. The third-order valence-electron chi connectivity index (χ3n) is 5.16. The van der Waals surface area contributed by atoms with Gasteiger partial charge in [0.25, 0.3) is 0 Å². The Kier molecular flexibility index (Phi) is 5.04. The van der Waals surface area contributed by atoms with Crippen LogP contribution < -0.4 is 0 Å². The maximum Gasteiger partial charge on any atom is 0.410 e. The highest BCUT2D eigenvalue weighted by Gasteiger charge is 2.41. The van der Waals surface area contributed by atoms with Crippen molar-refractivity contribution >= 4 is 12.1 Å². The fourth-order valence-electron chi connectivity index (χ4n) is 3.74. The van der Waals surface area contributed by atoms with Gasteiger partial charge in [0.2, 0.25) is 0 Å². The van der Waals surface area contributed by atoms with Crippen molar-refractivity contribution in [3.8, 4) is 0 Å². The molecule has 1 N–H and O–H groups in total. The van der Waals surface area contributed by atoms with Crippen LogP contribution in [0.1, 0.15) is 24.8 Å². The Hall–Kier alpha value is -2.08. The number of hydrogen-bond acceptors (Lipinski definition) is 4. The first-order valence-electron chi connectivity index (χ1n) is 8.46. The predicted octanol–water partition coefficient (Wildman–Crippen LogP) is 2.20. The van der Waals surface area contributed by atoms with Gasteiger partial charge < -0.3 is 14.7 Å². The Morgan fingerprint density at radius 1 is 1.08 bits per heavy atom. The average Bonchev–Trinajstić information content (AvgIpc) is 2.96. The van der Waals surface area contributed by atoms with Crippen LogP contribution in [0.15, 0.2) is 30.3 Å². The molecule has 1 aromatic carbocycles. The molecule has 0 aromatic heterocycles. The van der Waals surface area contributed by atoms with Crippen molar-refractivity contribution < 1.29 is 19.4 Å². The minimum absolute atomic E-state index is 0.116. The number of likely N-dealkylation sites (tertiary alicyclic amines) is 2. The highest BCUT2D eigenvalue weighted by Crippen LogP contribution is 2.40. The molecular weight excluding hydrogens is 308 g/mol. The molecule has 1 amide bonds. The summed E-state index contributed by atoms with van der Waals surface area (Å²) < 4.78 is 5.39. The zero-order valence-corrected chi connectivity index (χ0v) is 13.8. The van der Waals surface area contributed by atoms with Gasteiger partial charge in [-0.3, -0.25) is 9.69 Å². The Morgan fingerprint density at radius 3 is 2.42 bits per heavy atom. The Labute approximate surface area is 142 Å². The van der Waals surface area contributed by atoms with Crippen LogP contribution in [0.25, 0.3) is 0 Å². The van der Waals surface area contributed by atoms with Gasteiger partial charge in [0.1, 0.15) is 6.61 Å². The lowest BCUT2D eigenvalue weighted by molar-refractivity contribution is -0.138. The number of nitrogens with zero attached hydrogens (tertiary/aromatic N) is 2. The number of ether oxygens (including phenoxy) is 1. The fraction of sp³-hybridized carbons (Fsp3) is 0.556. The fourth-order valence-corrected chi connectivity index (χ4v) is 3.74. The summed E-state index contributed by atoms with van der Waals surface area (Å²) >= 11 is 0. The van der Waals surface area contributed by atoms with Gasteiger partial charge >= 0.3 is 12.1 Å². The maximum atomic E-state index is 12.2. The number of amides is 1. The molecule has 130 valence electrons. The minimum Gasteiger partial charge on any atom is -0.480 e. The van der Waals surface area contributed by atoms with E-state index in [2.05, 4.69) is 0 Å². The topological polar surface area (TPSA) is 70.1 Å². The van der Waals surface area contributed by atoms with Crippen molar-refractivity contribution in [2.75, 3.05) is 32.7 Å². The van der Waals surface area contributed by atoms with E-state index in [0.717, 1.165) is 37.9 Å². The van der Waals surface area contributed by atoms with Crippen molar-refractivity contribution in [3.05, 3.63) is 35.9 Å². The second-order valence-electron chi connectivity index (χ2n) is 6.88. The summed E-state index contributed by atoms with van der Waals surface area (Å²) in [6.45, 7) is 3.46. The standard InChI is InChI=1S/C18H24N2O4/c21-16(22)12-19-9-6-18(14-19)7-10-20(11-8-18)17(23)24-13-15-4-2-1-3-5-15/h1-5H,6-14H2,(H,21,22). The molecule has 0 unspecified atom stereocenters. The Balaban J connectivity index is 1.45. The summed E-state index contributed by atoms with van der Waals surface area (Å²) in [6.07, 6.45) is 2.61. The SMILES string of the molecule is O=C(O)CN1CCC2(CCN(C(=O)OCc3ccccc3)CC2)C1. The van der Waals surface area contributed by atoms with E-state index in [1.54, 1.807) is 4.90 Å². The van der Waals surface area contributed by atoms with E-state index in [9.17, 15) is 9.59 Å². The largest absolute Gasteiger partial charge is 0.480 e. The van der Waals surface area contributed by atoms with Gasteiger partial charge in [-0.15, -0.1) is 0 Å². The van der Waals surface area contributed by atoms with Crippen molar-refractivity contribution in [2.24, 2.45) is 5.41 Å². The van der Waals surface area contributed by atoms with Gasteiger partial charge in [0, 0.05) is 19.6 Å². The van der Waals surface area contributed by atoms with Gasteiger partial charge in [-0.2, -0.15) is 0 Å². The van der Waals surface area contributed by atoms with Crippen LogP contribution in [0.4, 0.5) is 4.79 Å². The second-order valence-corrected chi connectivity index (χ2v) is 6.88. The molecular formula is C18H24N2O4. The van der Waals surface area contributed by atoms with Gasteiger partial charge in [0.05, 0.1) is 6.54 Å². The van der Waals surface area contributed by atoms with Crippen LogP contribution in [-0.2, 0) is 16.1 Å². The molecule has 0 radical (unpaired) electrons. The highest BCUT2D eigenvalue weighted by atomic mass is 16.6. The number of carbonyl (C=O) groups excluding carboxylic acids is 1. The van der Waals surface area contributed by atoms with Crippen LogP contribution in [0.3, 0.4) is 0 Å². The monoisotopic (exact) mass is 332 g/mol. The van der Waals surface area contributed by atoms with Crippen molar-refractivity contribution in [3.63, 3.8) is 0 Å². The number of rotatable bonds is 4. The van der Waals surface area contributed by atoms with Gasteiger partial charge in [0.15, 0.2) is 0 Å². The lowest BCUT2D eigenvalue weighted by Crippen LogP contribution is -2.44. The second kappa shape index (κ2) is 7.21. The molecule has 2 fully saturated rings. The first kappa shape index (κ1) is 16.8. The van der Waals surface area contributed by atoms with Crippen molar-refractivity contribution in [2.45, 2.75) is 25.9 Å². The van der Waals surface area contributed by atoms with Crippen LogP contribution in [0, 0.1) is 5.41 Å². The quantitative estimate of drug-likeness (QED) is 0.915. The molecule has 1 spiro atoms. The lowest BCUT2D eigenvalue weighted by Gasteiger charge is -2.38. The molecule has 2 aliphatic rings. The molecule has 6 nitrogen and oxygen atoms in total. The number of piperidine rings is 1. The highest BCUT2D eigenvalue weighted by molar-refractivity contribution is 5.69. The third kappa shape index (κ3) is 4.06. The van der Waals surface area contributed by atoms with E-state index in [1.807, 2.05) is 35.2 Å². The number of carboxylic acid groups (broad SMARTS) is 1. The Morgan fingerprint density at radius 2 is 1.75 bits per heavy atom. The van der Waals surface area contributed by atoms with E-state index in [1.165, 1.54) is 0 Å². The zero-order valence-electron chi connectivity index (χ0n) is 13.8. The molecule has 1 aromatic rings. The number of carboxylic acids is 1. The molecule has 6 heteroatoms. The minimum atomic E-state index is -0.769. The Bertz CT molecular complexity index is 582. The first-order valence-corrected chi connectivity index (χ1v) is 8.46. The molecule has 24 heavy (non-hydrogen) atoms. The molecule has 0 atom stereocenters. The van der Waals surface area contributed by atoms with Crippen LogP contribution in [-0.4, -0.2) is 59.7 Å². The van der Waals surface area contributed by atoms with E-state index < -0.39 is 5.97 Å². The third-order valence-corrected chi connectivity index (χ3v) is 5.16. The van der Waals surface area contributed by atoms with Gasteiger partial charge in [-0.1, -0.05) is 30.3 Å². The smallest absolute Gasteiger partial charge is 0.410 e. The number of hydrogen-bond donors (Lipinski definition) is 1. The van der Waals surface area contributed by atoms with Crippen LogP contribution >= 0.6 is 0 Å². The summed E-state index contributed by atoms with van der Waals surface area (Å²) in [4.78, 5) is 26.8. The summed E-state index contributed by atoms with van der Waals surface area (Å²) in [6, 6.07) is 9.67. The van der Waals surface area contributed by atoms with E-state index in [-0.39, 0.29) is 18.1 Å². The lowest BCUT2D eigenvalue weighted by atomic mass is 9.78. The predicted molar refractivity (Wildman–Crippen MR) is 88.6 cm³/mol. The number of benzene rings is 1. The number of carbonyl (C=O) groups is 2. The summed E-state index contributed by atoms with van der Waals surface area (Å²) in [5, 5.41) is 8.92. The average molecular weight is 332 g/mol. The maximum absolute atomic E-state index is 12.2. The molecule has 3 rings (SSSR count). The van der Waals surface area contributed by atoms with E-state index >= 15 is 0 Å². The van der Waals surface area contributed by atoms with Crippen LogP contribution in [0.5, 0.6) is 0 Å². The van der Waals surface area contributed by atoms with Crippen molar-refractivity contribution in [1.29, 1.82) is 0 Å². The molecule has 2 aliphatic heterocycles.